The van der Waals surface area contributed by atoms with Gasteiger partial charge in [0.1, 0.15) is 11.6 Å². The van der Waals surface area contributed by atoms with Crippen molar-refractivity contribution < 1.29 is 9.59 Å². The lowest BCUT2D eigenvalue weighted by molar-refractivity contribution is -0.139. The maximum absolute atomic E-state index is 13.1. The number of rotatable bonds is 8. The van der Waals surface area contributed by atoms with E-state index in [0.717, 1.165) is 47.0 Å². The fraction of sp³-hybridized carbons (Fsp3) is 0.0541. The van der Waals surface area contributed by atoms with Crippen molar-refractivity contribution in [1.82, 2.24) is 4.90 Å². The number of thiophene rings is 2. The highest BCUT2D eigenvalue weighted by atomic mass is 32.1. The van der Waals surface area contributed by atoms with Gasteiger partial charge in [0.15, 0.2) is 0 Å². The smallest absolute Gasteiger partial charge is 0.271 e. The Balaban J connectivity index is 1.26. The maximum atomic E-state index is 13.1. The summed E-state index contributed by atoms with van der Waals surface area (Å²) in [4.78, 5) is 33.3. The molecule has 0 fully saturated rings. The van der Waals surface area contributed by atoms with Gasteiger partial charge in [-0.2, -0.15) is 5.26 Å². The average Bonchev–Trinajstić information content (AvgIpc) is 3.74. The first-order valence-corrected chi connectivity index (χ1v) is 15.6. The van der Waals surface area contributed by atoms with E-state index < -0.39 is 11.8 Å². The summed E-state index contributed by atoms with van der Waals surface area (Å²) in [6.07, 6.45) is 3.25. The zero-order valence-corrected chi connectivity index (χ0v) is 25.6. The number of para-hydroxylation sites is 2. The number of benzene rings is 3. The van der Waals surface area contributed by atoms with Crippen LogP contribution in [0.5, 0.6) is 0 Å². The third-order valence-electron chi connectivity index (χ3n) is 7.34. The molecule has 0 aliphatic carbocycles. The molecule has 1 aliphatic heterocycles. The molecule has 0 saturated heterocycles. The van der Waals surface area contributed by atoms with Crippen molar-refractivity contribution >= 4 is 57.6 Å². The quantitative estimate of drug-likeness (QED) is 0.0999. The van der Waals surface area contributed by atoms with Crippen molar-refractivity contribution in [2.45, 2.75) is 6.92 Å². The highest BCUT2D eigenvalue weighted by Gasteiger charge is 2.34. The van der Waals surface area contributed by atoms with Gasteiger partial charge in [0.25, 0.3) is 11.8 Å². The molecule has 3 aromatic carbocycles. The third kappa shape index (κ3) is 5.57. The minimum absolute atomic E-state index is 0.0148. The SMILES string of the molecule is C=CCN1C(=O)C(=Cc2ccc(-c3ccc(-c4ccc(N(c5ccccc5)c5ccccc5)cc4)s3)s2)C(C)=C(C#N)C1=O. The Hall–Kier alpha value is -5.29. The molecule has 44 heavy (non-hydrogen) atoms. The van der Waals surface area contributed by atoms with Crippen LogP contribution in [-0.4, -0.2) is 23.3 Å². The van der Waals surface area contributed by atoms with Gasteiger partial charge in [0.2, 0.25) is 0 Å². The van der Waals surface area contributed by atoms with E-state index in [9.17, 15) is 14.9 Å². The standard InChI is InChI=1S/C37H27N3O2S2/c1-3-22-39-36(41)31(25(2)32(24-38)37(39)42)23-30-18-19-34(43-30)35-21-20-33(44-35)26-14-16-29(17-15-26)40(27-10-6-4-7-11-27)28-12-8-5-9-13-28/h3-21,23H,1,22H2,2H3. The van der Waals surface area contributed by atoms with Crippen molar-refractivity contribution in [3.63, 3.8) is 0 Å². The van der Waals surface area contributed by atoms with Crippen molar-refractivity contribution in [2.24, 2.45) is 0 Å². The summed E-state index contributed by atoms with van der Waals surface area (Å²) in [6, 6.07) is 39.5. The number of nitriles is 1. The van der Waals surface area contributed by atoms with Crippen LogP contribution >= 0.6 is 22.7 Å². The molecule has 5 aromatic rings. The molecule has 3 heterocycles. The van der Waals surface area contributed by atoms with Crippen LogP contribution in [0, 0.1) is 11.3 Å². The molecule has 2 amide bonds. The van der Waals surface area contributed by atoms with E-state index in [1.807, 2.05) is 54.6 Å². The highest BCUT2D eigenvalue weighted by Crippen LogP contribution is 2.40. The number of carbonyl (C=O) groups is 2. The van der Waals surface area contributed by atoms with Gasteiger partial charge in [-0.15, -0.1) is 29.3 Å². The van der Waals surface area contributed by atoms with Crippen LogP contribution in [0.3, 0.4) is 0 Å². The minimum Gasteiger partial charge on any atom is -0.311 e. The van der Waals surface area contributed by atoms with E-state index in [1.54, 1.807) is 35.7 Å². The molecule has 7 heteroatoms. The zero-order valence-electron chi connectivity index (χ0n) is 23.9. The summed E-state index contributed by atoms with van der Waals surface area (Å²) in [5.41, 5.74) is 5.14. The first-order chi connectivity index (χ1) is 21.5. The number of hydrogen-bond donors (Lipinski definition) is 0. The van der Waals surface area contributed by atoms with E-state index in [0.29, 0.717) is 11.1 Å². The predicted octanol–water partition coefficient (Wildman–Crippen LogP) is 9.39. The van der Waals surface area contributed by atoms with E-state index in [2.05, 4.69) is 72.1 Å². The number of carbonyl (C=O) groups excluding carboxylic acids is 2. The fourth-order valence-electron chi connectivity index (χ4n) is 5.13. The maximum Gasteiger partial charge on any atom is 0.271 e. The number of amides is 2. The van der Waals surface area contributed by atoms with Gasteiger partial charge < -0.3 is 4.90 Å². The van der Waals surface area contributed by atoms with Gasteiger partial charge in [-0.25, -0.2) is 0 Å². The zero-order chi connectivity index (χ0) is 30.6. The lowest BCUT2D eigenvalue weighted by Gasteiger charge is -2.26. The number of anilines is 3. The van der Waals surface area contributed by atoms with Crippen molar-refractivity contribution in [2.75, 3.05) is 11.4 Å². The van der Waals surface area contributed by atoms with E-state index in [1.165, 1.54) is 6.08 Å². The van der Waals surface area contributed by atoms with Gasteiger partial charge in [0, 0.05) is 48.7 Å². The van der Waals surface area contributed by atoms with Gasteiger partial charge in [-0.1, -0.05) is 54.6 Å². The van der Waals surface area contributed by atoms with Crippen LogP contribution in [0.4, 0.5) is 17.1 Å². The Kier molecular flexibility index (Phi) is 8.20. The summed E-state index contributed by atoms with van der Waals surface area (Å²) in [5.74, 6) is -0.993. The van der Waals surface area contributed by atoms with Crippen LogP contribution in [0.15, 0.2) is 139 Å². The number of hydrogen-bond acceptors (Lipinski definition) is 6. The Bertz CT molecular complexity index is 1920. The van der Waals surface area contributed by atoms with Gasteiger partial charge >= 0.3 is 0 Å². The van der Waals surface area contributed by atoms with Crippen molar-refractivity contribution in [3.05, 3.63) is 143 Å². The first-order valence-electron chi connectivity index (χ1n) is 14.0. The molecular formula is C37H27N3O2S2. The Morgan fingerprint density at radius 1 is 0.750 bits per heavy atom. The third-order valence-corrected chi connectivity index (χ3v) is 9.70. The molecule has 0 saturated carbocycles. The molecule has 0 atom stereocenters. The fourth-order valence-corrected chi connectivity index (χ4v) is 7.18. The van der Waals surface area contributed by atoms with Crippen LogP contribution in [0.25, 0.3) is 26.3 Å². The van der Waals surface area contributed by atoms with E-state index in [-0.39, 0.29) is 12.1 Å². The number of nitrogens with zero attached hydrogens (tertiary/aromatic N) is 3. The van der Waals surface area contributed by atoms with E-state index >= 15 is 0 Å². The normalized spacial score (nSPS) is 14.2. The Morgan fingerprint density at radius 2 is 1.32 bits per heavy atom. The molecule has 6 rings (SSSR count). The molecular weight excluding hydrogens is 583 g/mol. The molecule has 2 aromatic heterocycles. The van der Waals surface area contributed by atoms with Crippen LogP contribution in [0.2, 0.25) is 0 Å². The summed E-state index contributed by atoms with van der Waals surface area (Å²) in [5, 5.41) is 9.57. The summed E-state index contributed by atoms with van der Waals surface area (Å²) >= 11 is 3.27. The monoisotopic (exact) mass is 609 g/mol. The molecule has 214 valence electrons. The molecule has 0 radical (unpaired) electrons. The minimum atomic E-state index is -0.578. The molecule has 0 bridgehead atoms. The average molecular weight is 610 g/mol. The van der Waals surface area contributed by atoms with Crippen molar-refractivity contribution in [1.29, 1.82) is 5.26 Å². The lowest BCUT2D eigenvalue weighted by Crippen LogP contribution is -2.42. The summed E-state index contributed by atoms with van der Waals surface area (Å²) in [6.45, 7) is 5.34. The predicted molar refractivity (Wildman–Crippen MR) is 181 cm³/mol. The Labute approximate surface area is 264 Å². The van der Waals surface area contributed by atoms with Crippen LogP contribution in [0.1, 0.15) is 11.8 Å². The molecule has 0 spiro atoms. The summed E-state index contributed by atoms with van der Waals surface area (Å²) < 4.78 is 0. The second kappa shape index (κ2) is 12.5. The summed E-state index contributed by atoms with van der Waals surface area (Å²) in [7, 11) is 0. The van der Waals surface area contributed by atoms with Crippen LogP contribution < -0.4 is 4.90 Å². The second-order valence-electron chi connectivity index (χ2n) is 10.1. The molecule has 5 nitrogen and oxygen atoms in total. The lowest BCUT2D eigenvalue weighted by atomic mass is 9.95. The molecule has 1 aliphatic rings. The highest BCUT2D eigenvalue weighted by molar-refractivity contribution is 7.24. The first kappa shape index (κ1) is 28.8. The molecule has 0 N–H and O–H groups in total. The van der Waals surface area contributed by atoms with E-state index in [4.69, 9.17) is 0 Å². The Morgan fingerprint density at radius 3 is 1.93 bits per heavy atom. The van der Waals surface area contributed by atoms with Gasteiger partial charge in [0.05, 0.1) is 0 Å². The second-order valence-corrected chi connectivity index (χ2v) is 12.3. The van der Waals surface area contributed by atoms with Crippen molar-refractivity contribution in [3.8, 4) is 26.3 Å². The molecule has 0 unspecified atom stereocenters. The van der Waals surface area contributed by atoms with Crippen LogP contribution in [-0.2, 0) is 9.59 Å². The van der Waals surface area contributed by atoms with Gasteiger partial charge in [-0.05, 0) is 84.8 Å². The largest absolute Gasteiger partial charge is 0.311 e. The topological polar surface area (TPSA) is 64.4 Å². The number of imide groups is 1. The van der Waals surface area contributed by atoms with Gasteiger partial charge in [-0.3, -0.25) is 14.5 Å².